The molecule has 0 radical (unpaired) electrons. The minimum atomic E-state index is -3.49. The van der Waals surface area contributed by atoms with Crippen LogP contribution in [-0.4, -0.2) is 45.7 Å². The number of carbonyl (C=O) groups excluding carboxylic acids is 1. The maximum Gasteiger partial charge on any atom is 0.409 e. The Morgan fingerprint density at radius 2 is 2.05 bits per heavy atom. The van der Waals surface area contributed by atoms with Crippen molar-refractivity contribution >= 4 is 16.1 Å². The topological polar surface area (TPSA) is 75.7 Å². The van der Waals surface area contributed by atoms with Crippen LogP contribution in [0.1, 0.15) is 17.5 Å². The van der Waals surface area contributed by atoms with Gasteiger partial charge in [0.15, 0.2) is 0 Å². The van der Waals surface area contributed by atoms with Gasteiger partial charge in [0.05, 0.1) is 11.4 Å². The second-order valence-electron chi connectivity index (χ2n) is 5.10. The number of benzene rings is 1. The Kier molecular flexibility index (Phi) is 4.84. The molecule has 0 atom stereocenters. The molecule has 0 aromatic heterocycles. The first kappa shape index (κ1) is 15.8. The lowest BCUT2D eigenvalue weighted by molar-refractivity contribution is 0.158. The van der Waals surface area contributed by atoms with E-state index in [0.29, 0.717) is 32.7 Å². The van der Waals surface area contributed by atoms with Gasteiger partial charge in [0.25, 0.3) is 0 Å². The molecule has 1 aromatic rings. The van der Waals surface area contributed by atoms with Crippen molar-refractivity contribution in [3.05, 3.63) is 29.3 Å². The number of hydrogen-bond acceptors (Lipinski definition) is 4. The Labute approximate surface area is 125 Å². The lowest BCUT2D eigenvalue weighted by atomic mass is 10.1. The van der Waals surface area contributed by atoms with Crippen molar-refractivity contribution in [1.29, 1.82) is 0 Å². The van der Waals surface area contributed by atoms with Crippen molar-refractivity contribution in [2.75, 3.05) is 26.2 Å². The first-order valence-corrected chi connectivity index (χ1v) is 8.37. The van der Waals surface area contributed by atoms with Crippen molar-refractivity contribution in [3.8, 4) is 0 Å². The summed E-state index contributed by atoms with van der Waals surface area (Å²) in [7, 11) is -3.49. The van der Waals surface area contributed by atoms with E-state index in [9.17, 15) is 13.2 Å². The van der Waals surface area contributed by atoms with Crippen LogP contribution in [0.4, 0.5) is 4.79 Å². The number of ether oxygens (including phenoxy) is 1. The van der Waals surface area contributed by atoms with Crippen LogP contribution in [0, 0.1) is 13.8 Å². The molecule has 0 unspecified atom stereocenters. The third-order valence-electron chi connectivity index (χ3n) is 3.53. The van der Waals surface area contributed by atoms with Gasteiger partial charge in [-0.3, -0.25) is 0 Å². The van der Waals surface area contributed by atoms with Gasteiger partial charge in [-0.2, -0.15) is 0 Å². The third kappa shape index (κ3) is 3.95. The number of hydrogen-bond donors (Lipinski definition) is 1. The maximum absolute atomic E-state index is 12.1. The summed E-state index contributed by atoms with van der Waals surface area (Å²) in [6, 6.07) is 5.06. The largest absolute Gasteiger partial charge is 0.448 e. The monoisotopic (exact) mass is 312 g/mol. The Balaban J connectivity index is 1.86. The molecule has 6 nitrogen and oxygen atoms in total. The van der Waals surface area contributed by atoms with Gasteiger partial charge in [0.2, 0.25) is 10.0 Å². The molecule has 2 rings (SSSR count). The fraction of sp³-hybridized carbons (Fsp3) is 0.500. The van der Waals surface area contributed by atoms with Gasteiger partial charge in [-0.15, -0.1) is 0 Å². The number of aryl methyl sites for hydroxylation is 2. The summed E-state index contributed by atoms with van der Waals surface area (Å²) in [6.45, 7) is 5.59. The number of rotatable bonds is 6. The SMILES string of the molecule is Cc1ccc(S(=O)(=O)NCCCN2CCOC2=O)cc1C. The summed E-state index contributed by atoms with van der Waals surface area (Å²) >= 11 is 0. The Bertz CT molecular complexity index is 628. The molecule has 0 spiro atoms. The maximum atomic E-state index is 12.1. The van der Waals surface area contributed by atoms with E-state index in [2.05, 4.69) is 4.72 Å². The molecule has 1 amide bonds. The normalized spacial score (nSPS) is 15.3. The molecule has 21 heavy (non-hydrogen) atoms. The molecule has 7 heteroatoms. The zero-order valence-corrected chi connectivity index (χ0v) is 13.1. The highest BCUT2D eigenvalue weighted by molar-refractivity contribution is 7.89. The van der Waals surface area contributed by atoms with E-state index in [-0.39, 0.29) is 11.0 Å². The Morgan fingerprint density at radius 3 is 2.67 bits per heavy atom. The van der Waals surface area contributed by atoms with Crippen molar-refractivity contribution in [3.63, 3.8) is 0 Å². The molecular formula is C14H20N2O4S. The van der Waals surface area contributed by atoms with Gasteiger partial charge in [0.1, 0.15) is 6.61 Å². The quantitative estimate of drug-likeness (QED) is 0.806. The fourth-order valence-electron chi connectivity index (χ4n) is 2.07. The first-order valence-electron chi connectivity index (χ1n) is 6.89. The molecule has 0 bridgehead atoms. The van der Waals surface area contributed by atoms with Gasteiger partial charge in [-0.25, -0.2) is 17.9 Å². The molecule has 1 heterocycles. The summed E-state index contributed by atoms with van der Waals surface area (Å²) in [6.07, 6.45) is 0.228. The third-order valence-corrected chi connectivity index (χ3v) is 4.99. The molecule has 1 aliphatic rings. The predicted molar refractivity (Wildman–Crippen MR) is 78.6 cm³/mol. The highest BCUT2D eigenvalue weighted by Gasteiger charge is 2.21. The van der Waals surface area contributed by atoms with Crippen molar-refractivity contribution in [2.24, 2.45) is 0 Å². The summed E-state index contributed by atoms with van der Waals surface area (Å²) in [5, 5.41) is 0. The minimum absolute atomic E-state index is 0.270. The second kappa shape index (κ2) is 6.44. The van der Waals surface area contributed by atoms with Crippen LogP contribution in [0.25, 0.3) is 0 Å². The lowest BCUT2D eigenvalue weighted by Gasteiger charge is -2.13. The molecule has 1 saturated heterocycles. The average molecular weight is 312 g/mol. The van der Waals surface area contributed by atoms with Crippen molar-refractivity contribution in [2.45, 2.75) is 25.2 Å². The number of carbonyl (C=O) groups is 1. The Hall–Kier alpha value is -1.60. The molecule has 1 N–H and O–H groups in total. The van der Waals surface area contributed by atoms with Crippen LogP contribution in [0.15, 0.2) is 23.1 Å². The first-order chi connectivity index (χ1) is 9.90. The summed E-state index contributed by atoms with van der Waals surface area (Å²) < 4.78 is 31.6. The van der Waals surface area contributed by atoms with Crippen LogP contribution in [0.2, 0.25) is 0 Å². The number of cyclic esters (lactones) is 1. The van der Waals surface area contributed by atoms with E-state index in [0.717, 1.165) is 11.1 Å². The zero-order valence-electron chi connectivity index (χ0n) is 12.3. The van der Waals surface area contributed by atoms with Crippen LogP contribution in [0.3, 0.4) is 0 Å². The zero-order chi connectivity index (χ0) is 15.5. The lowest BCUT2D eigenvalue weighted by Crippen LogP contribution is -2.30. The van der Waals surface area contributed by atoms with Crippen molar-refractivity contribution < 1.29 is 17.9 Å². The molecular weight excluding hydrogens is 292 g/mol. The average Bonchev–Trinajstić information content (AvgIpc) is 2.83. The highest BCUT2D eigenvalue weighted by Crippen LogP contribution is 2.14. The van der Waals surface area contributed by atoms with E-state index in [4.69, 9.17) is 4.74 Å². The summed E-state index contributed by atoms with van der Waals surface area (Å²) in [5.41, 5.74) is 2.00. The summed E-state index contributed by atoms with van der Waals surface area (Å²) in [5.74, 6) is 0. The van der Waals surface area contributed by atoms with E-state index in [1.807, 2.05) is 13.8 Å². The second-order valence-corrected chi connectivity index (χ2v) is 6.87. The van der Waals surface area contributed by atoms with Crippen molar-refractivity contribution in [1.82, 2.24) is 9.62 Å². The van der Waals surface area contributed by atoms with Crippen LogP contribution in [-0.2, 0) is 14.8 Å². The van der Waals surface area contributed by atoms with Crippen LogP contribution >= 0.6 is 0 Å². The van der Waals surface area contributed by atoms with Gasteiger partial charge < -0.3 is 9.64 Å². The molecule has 1 aliphatic heterocycles. The standard InChI is InChI=1S/C14H20N2O4S/c1-11-4-5-13(10-12(11)2)21(18,19)15-6-3-7-16-8-9-20-14(16)17/h4-5,10,15H,3,6-9H2,1-2H3. The number of amides is 1. The van der Waals surface area contributed by atoms with Gasteiger partial charge in [-0.1, -0.05) is 6.07 Å². The number of nitrogens with zero attached hydrogens (tertiary/aromatic N) is 1. The van der Waals surface area contributed by atoms with Gasteiger partial charge in [-0.05, 0) is 43.5 Å². The fourth-order valence-corrected chi connectivity index (χ4v) is 3.23. The molecule has 1 fully saturated rings. The summed E-state index contributed by atoms with van der Waals surface area (Å²) in [4.78, 5) is 13.1. The van der Waals surface area contributed by atoms with Gasteiger partial charge in [0, 0.05) is 13.1 Å². The number of nitrogens with one attached hydrogen (secondary N) is 1. The van der Waals surface area contributed by atoms with Crippen LogP contribution in [0.5, 0.6) is 0 Å². The molecule has 1 aromatic carbocycles. The minimum Gasteiger partial charge on any atom is -0.448 e. The number of sulfonamides is 1. The van der Waals surface area contributed by atoms with Gasteiger partial charge >= 0.3 is 6.09 Å². The van der Waals surface area contributed by atoms with E-state index in [1.165, 1.54) is 0 Å². The highest BCUT2D eigenvalue weighted by atomic mass is 32.2. The predicted octanol–water partition coefficient (Wildman–Crippen LogP) is 1.42. The molecule has 0 aliphatic carbocycles. The molecule has 0 saturated carbocycles. The smallest absolute Gasteiger partial charge is 0.409 e. The van der Waals surface area contributed by atoms with E-state index >= 15 is 0 Å². The Morgan fingerprint density at radius 1 is 1.29 bits per heavy atom. The molecule has 116 valence electrons. The van der Waals surface area contributed by atoms with E-state index in [1.54, 1.807) is 23.1 Å². The van der Waals surface area contributed by atoms with E-state index < -0.39 is 10.0 Å². The van der Waals surface area contributed by atoms with Crippen LogP contribution < -0.4 is 4.72 Å².